The van der Waals surface area contributed by atoms with Gasteiger partial charge in [-0.05, 0) is 44.0 Å². The number of nitrogens with zero attached hydrogens (tertiary/aromatic N) is 6. The highest BCUT2D eigenvalue weighted by molar-refractivity contribution is 6.31. The van der Waals surface area contributed by atoms with Crippen LogP contribution in [0.15, 0.2) is 43.0 Å². The Hall–Kier alpha value is -3.05. The lowest BCUT2D eigenvalue weighted by atomic mass is 10.1. The zero-order chi connectivity index (χ0) is 23.6. The van der Waals surface area contributed by atoms with Crippen LogP contribution in [0, 0.1) is 0 Å². The topological polar surface area (TPSA) is 86.0 Å². The molecule has 12 heteroatoms. The van der Waals surface area contributed by atoms with Gasteiger partial charge in [-0.3, -0.25) is 4.79 Å². The van der Waals surface area contributed by atoms with Crippen molar-refractivity contribution in [3.63, 3.8) is 0 Å². The highest BCUT2D eigenvalue weighted by atomic mass is 35.5. The van der Waals surface area contributed by atoms with Gasteiger partial charge in [0.1, 0.15) is 6.33 Å². The van der Waals surface area contributed by atoms with E-state index >= 15 is 0 Å². The van der Waals surface area contributed by atoms with Gasteiger partial charge in [0.25, 0.3) is 11.9 Å². The van der Waals surface area contributed by atoms with Crippen molar-refractivity contribution in [1.29, 1.82) is 0 Å². The van der Waals surface area contributed by atoms with E-state index in [1.807, 2.05) is 0 Å². The molecule has 0 bridgehead atoms. The molecule has 2 atom stereocenters. The summed E-state index contributed by atoms with van der Waals surface area (Å²) in [4.78, 5) is 27.5. The highest BCUT2D eigenvalue weighted by Gasteiger charge is 2.34. The highest BCUT2D eigenvalue weighted by Crippen LogP contribution is 2.33. The lowest BCUT2D eigenvalue weighted by Gasteiger charge is -2.31. The van der Waals surface area contributed by atoms with Crippen molar-refractivity contribution >= 4 is 17.5 Å². The average molecular weight is 481 g/mol. The first-order chi connectivity index (χ1) is 15.7. The van der Waals surface area contributed by atoms with E-state index in [2.05, 4.69) is 20.1 Å². The van der Waals surface area contributed by atoms with Crippen LogP contribution in [-0.4, -0.2) is 54.8 Å². The number of benzene rings is 1. The Bertz CT molecular complexity index is 1120. The standard InChI is InChI=1S/C21H20ClF3N6O2/c1-13(18-28-12-29-31(18)20-26-5-3-6-27-20)30(11-17-4-2-7-33-17)19(32)14-8-15(21(23,24)25)10-16(22)9-14/h3,5-6,8-10,12-13,17H,2,4,7,11H2,1H3. The summed E-state index contributed by atoms with van der Waals surface area (Å²) in [6, 6.07) is 3.78. The number of halogens is 4. The zero-order valence-corrected chi connectivity index (χ0v) is 18.3. The molecule has 1 aromatic carbocycles. The van der Waals surface area contributed by atoms with Gasteiger partial charge in [0.15, 0.2) is 5.82 Å². The number of ether oxygens (including phenoxy) is 1. The molecule has 0 N–H and O–H groups in total. The van der Waals surface area contributed by atoms with E-state index in [-0.39, 0.29) is 29.2 Å². The lowest BCUT2D eigenvalue weighted by Crippen LogP contribution is -2.40. The maximum Gasteiger partial charge on any atom is 0.416 e. The summed E-state index contributed by atoms with van der Waals surface area (Å²) in [6.45, 7) is 2.44. The first-order valence-electron chi connectivity index (χ1n) is 10.2. The van der Waals surface area contributed by atoms with Crippen LogP contribution in [0.5, 0.6) is 0 Å². The van der Waals surface area contributed by atoms with Crippen molar-refractivity contribution in [3.05, 3.63) is 65.0 Å². The van der Waals surface area contributed by atoms with Gasteiger partial charge in [-0.15, -0.1) is 0 Å². The fourth-order valence-corrected chi connectivity index (χ4v) is 3.93. The molecule has 3 aromatic rings. The number of carbonyl (C=O) groups is 1. The fourth-order valence-electron chi connectivity index (χ4n) is 3.70. The number of hydrogen-bond donors (Lipinski definition) is 0. The predicted molar refractivity (Wildman–Crippen MR) is 112 cm³/mol. The third kappa shape index (κ3) is 5.14. The molecule has 0 radical (unpaired) electrons. The van der Waals surface area contributed by atoms with E-state index in [1.165, 1.54) is 22.0 Å². The van der Waals surface area contributed by atoms with E-state index < -0.39 is 23.7 Å². The van der Waals surface area contributed by atoms with Crippen molar-refractivity contribution in [1.82, 2.24) is 29.6 Å². The monoisotopic (exact) mass is 480 g/mol. The van der Waals surface area contributed by atoms with Crippen LogP contribution >= 0.6 is 11.6 Å². The van der Waals surface area contributed by atoms with Crippen LogP contribution in [-0.2, 0) is 10.9 Å². The minimum Gasteiger partial charge on any atom is -0.376 e. The Morgan fingerprint density at radius 2 is 2.03 bits per heavy atom. The molecule has 3 heterocycles. The first kappa shape index (κ1) is 23.1. The quantitative estimate of drug-likeness (QED) is 0.527. The third-order valence-corrected chi connectivity index (χ3v) is 5.53. The van der Waals surface area contributed by atoms with Gasteiger partial charge in [-0.2, -0.15) is 23.0 Å². The first-order valence-corrected chi connectivity index (χ1v) is 10.6. The zero-order valence-electron chi connectivity index (χ0n) is 17.5. The van der Waals surface area contributed by atoms with E-state index in [0.717, 1.165) is 25.0 Å². The Balaban J connectivity index is 1.72. The summed E-state index contributed by atoms with van der Waals surface area (Å²) >= 11 is 5.92. The molecule has 2 aromatic heterocycles. The second kappa shape index (κ2) is 9.44. The van der Waals surface area contributed by atoms with E-state index in [0.29, 0.717) is 12.4 Å². The van der Waals surface area contributed by atoms with Gasteiger partial charge in [-0.1, -0.05) is 11.6 Å². The third-order valence-electron chi connectivity index (χ3n) is 5.31. The van der Waals surface area contributed by atoms with Crippen LogP contribution in [0.2, 0.25) is 5.02 Å². The molecule has 174 valence electrons. The fraction of sp³-hybridized carbons (Fsp3) is 0.381. The van der Waals surface area contributed by atoms with Crippen LogP contribution in [0.4, 0.5) is 13.2 Å². The molecular weight excluding hydrogens is 461 g/mol. The van der Waals surface area contributed by atoms with Crippen molar-refractivity contribution in [2.24, 2.45) is 0 Å². The summed E-state index contributed by atoms with van der Waals surface area (Å²) in [5.74, 6) is -0.0244. The van der Waals surface area contributed by atoms with E-state index in [9.17, 15) is 18.0 Å². The summed E-state index contributed by atoms with van der Waals surface area (Å²) in [5.41, 5.74) is -1.18. The largest absolute Gasteiger partial charge is 0.416 e. The molecule has 1 aliphatic rings. The number of rotatable bonds is 6. The van der Waals surface area contributed by atoms with Crippen LogP contribution in [0.3, 0.4) is 0 Å². The van der Waals surface area contributed by atoms with Gasteiger partial charge in [0.2, 0.25) is 0 Å². The number of alkyl halides is 3. The molecule has 0 spiro atoms. The summed E-state index contributed by atoms with van der Waals surface area (Å²) in [7, 11) is 0. The molecule has 1 amide bonds. The van der Waals surface area contributed by atoms with E-state index in [1.54, 1.807) is 25.4 Å². The maximum absolute atomic E-state index is 13.5. The number of amides is 1. The van der Waals surface area contributed by atoms with Crippen molar-refractivity contribution in [2.45, 2.75) is 38.1 Å². The maximum atomic E-state index is 13.5. The molecule has 2 unspecified atom stereocenters. The Morgan fingerprint density at radius 3 is 2.70 bits per heavy atom. The van der Waals surface area contributed by atoms with Crippen LogP contribution < -0.4 is 0 Å². The van der Waals surface area contributed by atoms with Crippen molar-refractivity contribution in [2.75, 3.05) is 13.2 Å². The van der Waals surface area contributed by atoms with Crippen molar-refractivity contribution < 1.29 is 22.7 Å². The number of hydrogen-bond acceptors (Lipinski definition) is 6. The van der Waals surface area contributed by atoms with Gasteiger partial charge in [-0.25, -0.2) is 15.0 Å². The Kier molecular flexibility index (Phi) is 6.61. The number of aromatic nitrogens is 5. The summed E-state index contributed by atoms with van der Waals surface area (Å²) in [6.07, 6.45) is 1.06. The Labute approximate surface area is 192 Å². The second-order valence-corrected chi connectivity index (χ2v) is 8.01. The summed E-state index contributed by atoms with van der Waals surface area (Å²) in [5, 5.41) is 3.97. The molecule has 8 nitrogen and oxygen atoms in total. The molecule has 0 aliphatic carbocycles. The van der Waals surface area contributed by atoms with Gasteiger partial charge in [0, 0.05) is 36.1 Å². The van der Waals surface area contributed by atoms with Gasteiger partial charge < -0.3 is 9.64 Å². The predicted octanol–water partition coefficient (Wildman–Crippen LogP) is 4.11. The average Bonchev–Trinajstić information content (AvgIpc) is 3.48. The van der Waals surface area contributed by atoms with Crippen LogP contribution in [0.1, 0.15) is 47.6 Å². The lowest BCUT2D eigenvalue weighted by molar-refractivity contribution is -0.137. The molecule has 0 saturated carbocycles. The number of carbonyl (C=O) groups excluding carboxylic acids is 1. The normalized spacial score (nSPS) is 17.2. The molecular formula is C21H20ClF3N6O2. The molecule has 1 aliphatic heterocycles. The Morgan fingerprint density at radius 1 is 1.27 bits per heavy atom. The smallest absolute Gasteiger partial charge is 0.376 e. The van der Waals surface area contributed by atoms with Crippen molar-refractivity contribution in [3.8, 4) is 5.95 Å². The molecule has 33 heavy (non-hydrogen) atoms. The molecule has 1 fully saturated rings. The van der Waals surface area contributed by atoms with E-state index in [4.69, 9.17) is 16.3 Å². The SMILES string of the molecule is CC(c1ncnn1-c1ncccn1)N(CC1CCCO1)C(=O)c1cc(Cl)cc(C(F)(F)F)c1. The second-order valence-electron chi connectivity index (χ2n) is 7.57. The van der Waals surface area contributed by atoms with Crippen LogP contribution in [0.25, 0.3) is 5.95 Å². The molecule has 4 rings (SSSR count). The molecule has 1 saturated heterocycles. The summed E-state index contributed by atoms with van der Waals surface area (Å²) < 4.78 is 47.0. The van der Waals surface area contributed by atoms with Gasteiger partial charge >= 0.3 is 6.18 Å². The minimum atomic E-state index is -4.64. The van der Waals surface area contributed by atoms with Gasteiger partial charge in [0.05, 0.1) is 17.7 Å². The minimum absolute atomic E-state index is 0.163.